The van der Waals surface area contributed by atoms with Gasteiger partial charge in [0.15, 0.2) is 0 Å². The molecule has 3 rings (SSSR count). The van der Waals surface area contributed by atoms with Gasteiger partial charge in [0, 0.05) is 11.8 Å². The van der Waals surface area contributed by atoms with Crippen LogP contribution in [0.4, 0.5) is 0 Å². The highest BCUT2D eigenvalue weighted by Gasteiger charge is 2.10. The summed E-state index contributed by atoms with van der Waals surface area (Å²) in [6.07, 6.45) is 1.72. The SMILES string of the molecule is Cc1ccc(-c2ccccc2)cc1C(=O)NCc1ccccn1. The third-order valence-electron chi connectivity index (χ3n) is 3.75. The number of rotatable bonds is 4. The van der Waals surface area contributed by atoms with Gasteiger partial charge >= 0.3 is 0 Å². The molecule has 1 aromatic heterocycles. The summed E-state index contributed by atoms with van der Waals surface area (Å²) in [5.41, 5.74) is 4.65. The van der Waals surface area contributed by atoms with Crippen LogP contribution in [0.2, 0.25) is 0 Å². The highest BCUT2D eigenvalue weighted by atomic mass is 16.1. The molecule has 0 radical (unpaired) electrons. The molecule has 1 amide bonds. The van der Waals surface area contributed by atoms with Crippen molar-refractivity contribution in [3.8, 4) is 11.1 Å². The fourth-order valence-corrected chi connectivity index (χ4v) is 2.45. The molecule has 23 heavy (non-hydrogen) atoms. The number of pyridine rings is 1. The molecule has 2 aromatic carbocycles. The van der Waals surface area contributed by atoms with Crippen molar-refractivity contribution in [1.82, 2.24) is 10.3 Å². The monoisotopic (exact) mass is 302 g/mol. The Balaban J connectivity index is 1.80. The summed E-state index contributed by atoms with van der Waals surface area (Å²) in [7, 11) is 0. The van der Waals surface area contributed by atoms with Gasteiger partial charge in [-0.3, -0.25) is 9.78 Å². The van der Waals surface area contributed by atoms with Crippen molar-refractivity contribution in [2.45, 2.75) is 13.5 Å². The van der Waals surface area contributed by atoms with E-state index >= 15 is 0 Å². The summed E-state index contributed by atoms with van der Waals surface area (Å²) < 4.78 is 0. The molecule has 0 aliphatic rings. The number of aryl methyl sites for hydroxylation is 1. The number of benzene rings is 2. The zero-order chi connectivity index (χ0) is 16.1. The minimum absolute atomic E-state index is 0.0778. The zero-order valence-corrected chi connectivity index (χ0v) is 13.0. The molecule has 0 atom stereocenters. The van der Waals surface area contributed by atoms with Gasteiger partial charge in [0.05, 0.1) is 12.2 Å². The second-order valence-corrected chi connectivity index (χ2v) is 5.40. The van der Waals surface area contributed by atoms with Crippen LogP contribution in [-0.4, -0.2) is 10.9 Å². The maximum Gasteiger partial charge on any atom is 0.251 e. The van der Waals surface area contributed by atoms with E-state index in [2.05, 4.69) is 10.3 Å². The van der Waals surface area contributed by atoms with Crippen molar-refractivity contribution >= 4 is 5.91 Å². The maximum absolute atomic E-state index is 12.5. The minimum Gasteiger partial charge on any atom is -0.346 e. The Labute approximate surface area is 136 Å². The number of nitrogens with zero attached hydrogens (tertiary/aromatic N) is 1. The third-order valence-corrected chi connectivity index (χ3v) is 3.75. The summed E-state index contributed by atoms with van der Waals surface area (Å²) in [6, 6.07) is 21.7. The van der Waals surface area contributed by atoms with E-state index in [4.69, 9.17) is 0 Å². The third kappa shape index (κ3) is 3.64. The molecule has 0 spiro atoms. The molecule has 3 aromatic rings. The lowest BCUT2D eigenvalue weighted by molar-refractivity contribution is 0.0950. The second kappa shape index (κ2) is 6.88. The van der Waals surface area contributed by atoms with Gasteiger partial charge in [0.25, 0.3) is 5.91 Å². The van der Waals surface area contributed by atoms with Gasteiger partial charge in [-0.2, -0.15) is 0 Å². The number of carbonyl (C=O) groups excluding carboxylic acids is 1. The Morgan fingerprint density at radius 3 is 2.48 bits per heavy atom. The van der Waals surface area contributed by atoms with E-state index in [0.29, 0.717) is 12.1 Å². The Morgan fingerprint density at radius 1 is 0.957 bits per heavy atom. The quantitative estimate of drug-likeness (QED) is 0.792. The Hall–Kier alpha value is -2.94. The smallest absolute Gasteiger partial charge is 0.251 e. The van der Waals surface area contributed by atoms with Gasteiger partial charge in [-0.25, -0.2) is 0 Å². The Bertz CT molecular complexity index is 798. The van der Waals surface area contributed by atoms with E-state index in [0.717, 1.165) is 22.4 Å². The van der Waals surface area contributed by atoms with Crippen molar-refractivity contribution in [3.63, 3.8) is 0 Å². The lowest BCUT2D eigenvalue weighted by Crippen LogP contribution is -2.24. The van der Waals surface area contributed by atoms with Crippen LogP contribution in [0.15, 0.2) is 72.9 Å². The van der Waals surface area contributed by atoms with E-state index in [1.807, 2.05) is 73.7 Å². The summed E-state index contributed by atoms with van der Waals surface area (Å²) >= 11 is 0. The van der Waals surface area contributed by atoms with Crippen LogP contribution in [-0.2, 0) is 6.54 Å². The van der Waals surface area contributed by atoms with E-state index in [1.165, 1.54) is 0 Å². The van der Waals surface area contributed by atoms with Gasteiger partial charge in [0.1, 0.15) is 0 Å². The van der Waals surface area contributed by atoms with Crippen LogP contribution in [0, 0.1) is 6.92 Å². The first-order chi connectivity index (χ1) is 11.2. The molecule has 1 heterocycles. The predicted octanol–water partition coefficient (Wildman–Crippen LogP) is 3.99. The molecular formula is C20H18N2O. The predicted molar refractivity (Wildman–Crippen MR) is 92.0 cm³/mol. The van der Waals surface area contributed by atoms with Gasteiger partial charge in [-0.05, 0) is 41.8 Å². The highest BCUT2D eigenvalue weighted by molar-refractivity contribution is 5.96. The molecule has 0 bridgehead atoms. The minimum atomic E-state index is -0.0778. The summed E-state index contributed by atoms with van der Waals surface area (Å²) in [4.78, 5) is 16.7. The van der Waals surface area contributed by atoms with E-state index in [-0.39, 0.29) is 5.91 Å². The first-order valence-corrected chi connectivity index (χ1v) is 7.58. The highest BCUT2D eigenvalue weighted by Crippen LogP contribution is 2.22. The molecule has 0 unspecified atom stereocenters. The van der Waals surface area contributed by atoms with Crippen LogP contribution < -0.4 is 5.32 Å². The fourth-order valence-electron chi connectivity index (χ4n) is 2.45. The van der Waals surface area contributed by atoms with Crippen LogP contribution in [0.3, 0.4) is 0 Å². The molecular weight excluding hydrogens is 284 g/mol. The molecule has 0 aliphatic carbocycles. The largest absolute Gasteiger partial charge is 0.346 e. The van der Waals surface area contributed by atoms with Crippen molar-refractivity contribution in [3.05, 3.63) is 89.7 Å². The molecule has 3 nitrogen and oxygen atoms in total. The number of nitrogens with one attached hydrogen (secondary N) is 1. The lowest BCUT2D eigenvalue weighted by atomic mass is 9.99. The van der Waals surface area contributed by atoms with Crippen molar-refractivity contribution in [1.29, 1.82) is 0 Å². The summed E-state index contributed by atoms with van der Waals surface area (Å²) in [6.45, 7) is 2.37. The summed E-state index contributed by atoms with van der Waals surface area (Å²) in [5, 5.41) is 2.93. The van der Waals surface area contributed by atoms with Gasteiger partial charge < -0.3 is 5.32 Å². The zero-order valence-electron chi connectivity index (χ0n) is 13.0. The maximum atomic E-state index is 12.5. The topological polar surface area (TPSA) is 42.0 Å². The molecule has 3 heteroatoms. The van der Waals surface area contributed by atoms with Gasteiger partial charge in [-0.15, -0.1) is 0 Å². The van der Waals surface area contributed by atoms with Crippen LogP contribution in [0.1, 0.15) is 21.6 Å². The van der Waals surface area contributed by atoms with E-state index in [9.17, 15) is 4.79 Å². The Morgan fingerprint density at radius 2 is 1.74 bits per heavy atom. The van der Waals surface area contributed by atoms with E-state index < -0.39 is 0 Å². The second-order valence-electron chi connectivity index (χ2n) is 5.40. The van der Waals surface area contributed by atoms with Crippen molar-refractivity contribution < 1.29 is 4.79 Å². The van der Waals surface area contributed by atoms with Crippen LogP contribution in [0.5, 0.6) is 0 Å². The average Bonchev–Trinajstić information content (AvgIpc) is 2.62. The number of hydrogen-bond donors (Lipinski definition) is 1. The molecule has 114 valence electrons. The number of amides is 1. The average molecular weight is 302 g/mol. The fraction of sp³-hybridized carbons (Fsp3) is 0.100. The van der Waals surface area contributed by atoms with E-state index in [1.54, 1.807) is 6.20 Å². The molecule has 0 aliphatic heterocycles. The van der Waals surface area contributed by atoms with Crippen LogP contribution >= 0.6 is 0 Å². The standard InChI is InChI=1S/C20H18N2O/c1-15-10-11-17(16-7-3-2-4-8-16)13-19(15)20(23)22-14-18-9-5-6-12-21-18/h2-13H,14H2,1H3,(H,22,23). The van der Waals surface area contributed by atoms with Crippen LogP contribution in [0.25, 0.3) is 11.1 Å². The molecule has 0 saturated heterocycles. The van der Waals surface area contributed by atoms with Crippen molar-refractivity contribution in [2.24, 2.45) is 0 Å². The molecule has 0 saturated carbocycles. The number of aromatic nitrogens is 1. The lowest BCUT2D eigenvalue weighted by Gasteiger charge is -2.10. The molecule has 1 N–H and O–H groups in total. The number of carbonyl (C=O) groups is 1. The first-order valence-electron chi connectivity index (χ1n) is 7.58. The Kier molecular flexibility index (Phi) is 4.48. The molecule has 0 fully saturated rings. The normalized spacial score (nSPS) is 10.3. The van der Waals surface area contributed by atoms with Gasteiger partial charge in [-0.1, -0.05) is 48.5 Å². The number of hydrogen-bond acceptors (Lipinski definition) is 2. The summed E-state index contributed by atoms with van der Waals surface area (Å²) in [5.74, 6) is -0.0778. The van der Waals surface area contributed by atoms with Crippen molar-refractivity contribution in [2.75, 3.05) is 0 Å². The first kappa shape index (κ1) is 15.0. The van der Waals surface area contributed by atoms with Gasteiger partial charge in [0.2, 0.25) is 0 Å².